The molecule has 5 rings (SSSR count). The van der Waals surface area contributed by atoms with Crippen LogP contribution in [-0.2, 0) is 6.42 Å². The van der Waals surface area contributed by atoms with Crippen LogP contribution < -0.4 is 0 Å². The Morgan fingerprint density at radius 1 is 0.963 bits per heavy atom. The zero-order chi connectivity index (χ0) is 18.4. The Labute approximate surface area is 156 Å². The predicted octanol–water partition coefficient (Wildman–Crippen LogP) is 3.67. The Hall–Kier alpha value is -3.54. The summed E-state index contributed by atoms with van der Waals surface area (Å²) in [7, 11) is 0. The normalized spacial score (nSPS) is 11.5. The minimum atomic E-state index is 0.700. The van der Waals surface area contributed by atoms with Crippen molar-refractivity contribution in [1.82, 2.24) is 29.1 Å². The van der Waals surface area contributed by atoms with E-state index in [4.69, 9.17) is 4.98 Å². The maximum Gasteiger partial charge on any atom is 0.168 e. The Balaban J connectivity index is 1.71. The van der Waals surface area contributed by atoms with Crippen molar-refractivity contribution in [2.45, 2.75) is 20.3 Å². The summed E-state index contributed by atoms with van der Waals surface area (Å²) >= 11 is 0. The number of hydrogen-bond donors (Lipinski definition) is 0. The molecule has 0 aliphatic carbocycles. The fourth-order valence-electron chi connectivity index (χ4n) is 3.56. The highest BCUT2D eigenvalue weighted by Gasteiger charge is 2.19. The van der Waals surface area contributed by atoms with Crippen LogP contribution in [-0.4, -0.2) is 29.1 Å². The van der Waals surface area contributed by atoms with Gasteiger partial charge in [0.05, 0.1) is 17.3 Å². The number of fused-ring (bicyclic) bond motifs is 3. The van der Waals surface area contributed by atoms with Gasteiger partial charge in [0, 0.05) is 18.3 Å². The van der Waals surface area contributed by atoms with Crippen molar-refractivity contribution in [3.8, 4) is 5.69 Å². The molecule has 0 N–H and O–H groups in total. The highest BCUT2D eigenvalue weighted by atomic mass is 15.3. The van der Waals surface area contributed by atoms with E-state index in [9.17, 15) is 0 Å². The number of benzene rings is 1. The average molecular weight is 354 g/mol. The van der Waals surface area contributed by atoms with Crippen molar-refractivity contribution in [3.63, 3.8) is 0 Å². The average Bonchev–Trinajstić information content (AvgIpc) is 3.21. The van der Waals surface area contributed by atoms with E-state index >= 15 is 0 Å². The zero-order valence-electron chi connectivity index (χ0n) is 15.2. The topological polar surface area (TPSA) is 60.9 Å². The summed E-state index contributed by atoms with van der Waals surface area (Å²) in [5, 5.41) is 5.67. The Morgan fingerprint density at radius 3 is 2.59 bits per heavy atom. The number of hydrogen-bond acceptors (Lipinski definition) is 4. The molecule has 4 heterocycles. The molecule has 132 valence electrons. The van der Waals surface area contributed by atoms with E-state index in [1.165, 1.54) is 5.56 Å². The number of aromatic nitrogens is 6. The van der Waals surface area contributed by atoms with Crippen LogP contribution in [0.5, 0.6) is 0 Å². The van der Waals surface area contributed by atoms with Crippen molar-refractivity contribution in [1.29, 1.82) is 0 Å². The predicted molar refractivity (Wildman–Crippen MR) is 104 cm³/mol. The summed E-state index contributed by atoms with van der Waals surface area (Å²) in [5.41, 5.74) is 6.20. The number of aryl methyl sites for hydroxylation is 1. The van der Waals surface area contributed by atoms with Gasteiger partial charge in [-0.25, -0.2) is 14.5 Å². The lowest BCUT2D eigenvalue weighted by atomic mass is 10.1. The highest BCUT2D eigenvalue weighted by molar-refractivity contribution is 5.94. The molecule has 1 aromatic carbocycles. The first-order chi connectivity index (χ1) is 13.2. The molecule has 0 saturated carbocycles. The van der Waals surface area contributed by atoms with Gasteiger partial charge in [0.1, 0.15) is 6.33 Å². The number of rotatable bonds is 3. The van der Waals surface area contributed by atoms with Crippen molar-refractivity contribution in [3.05, 3.63) is 83.8 Å². The van der Waals surface area contributed by atoms with Crippen LogP contribution in [0.3, 0.4) is 0 Å². The lowest BCUT2D eigenvalue weighted by molar-refractivity contribution is 0.879. The largest absolute Gasteiger partial charge is 0.297 e. The summed E-state index contributed by atoms with van der Waals surface area (Å²) in [6.07, 6.45) is 6.07. The molecule has 0 unspecified atom stereocenters. The molecule has 5 aromatic rings. The van der Waals surface area contributed by atoms with E-state index in [1.807, 2.05) is 36.5 Å². The van der Waals surface area contributed by atoms with Gasteiger partial charge in [0.15, 0.2) is 17.1 Å². The third kappa shape index (κ3) is 2.49. The Kier molecular flexibility index (Phi) is 3.50. The molecule has 0 bridgehead atoms. The molecule has 6 heteroatoms. The third-order valence-corrected chi connectivity index (χ3v) is 4.99. The summed E-state index contributed by atoms with van der Waals surface area (Å²) in [6, 6.07) is 14.2. The number of pyridine rings is 1. The maximum absolute atomic E-state index is 4.83. The molecule has 0 saturated heterocycles. The van der Waals surface area contributed by atoms with E-state index in [0.717, 1.165) is 39.4 Å². The fraction of sp³-hybridized carbons (Fsp3) is 0.143. The molecular formula is C21H18N6. The van der Waals surface area contributed by atoms with Crippen LogP contribution in [0, 0.1) is 13.8 Å². The lowest BCUT2D eigenvalue weighted by Gasteiger charge is -2.06. The lowest BCUT2D eigenvalue weighted by Crippen LogP contribution is -1.99. The second-order valence-corrected chi connectivity index (χ2v) is 6.66. The van der Waals surface area contributed by atoms with Crippen LogP contribution in [0.15, 0.2) is 61.2 Å². The first kappa shape index (κ1) is 15.7. The third-order valence-electron chi connectivity index (χ3n) is 4.99. The van der Waals surface area contributed by atoms with Crippen molar-refractivity contribution < 1.29 is 0 Å². The van der Waals surface area contributed by atoms with Crippen LogP contribution in [0.4, 0.5) is 0 Å². The fourth-order valence-corrected chi connectivity index (χ4v) is 3.56. The monoisotopic (exact) mass is 354 g/mol. The molecule has 0 atom stereocenters. The molecule has 0 aliphatic rings. The van der Waals surface area contributed by atoms with Crippen LogP contribution in [0.1, 0.15) is 22.6 Å². The molecule has 27 heavy (non-hydrogen) atoms. The summed E-state index contributed by atoms with van der Waals surface area (Å²) < 4.78 is 3.91. The quantitative estimate of drug-likeness (QED) is 0.496. The van der Waals surface area contributed by atoms with E-state index in [2.05, 4.69) is 45.6 Å². The summed E-state index contributed by atoms with van der Waals surface area (Å²) in [5.74, 6) is 0.793. The van der Waals surface area contributed by atoms with Crippen LogP contribution in [0.2, 0.25) is 0 Å². The van der Waals surface area contributed by atoms with Gasteiger partial charge in [-0.3, -0.25) is 9.55 Å². The maximum atomic E-state index is 4.83. The Bertz CT molecular complexity index is 1250. The van der Waals surface area contributed by atoms with E-state index in [0.29, 0.717) is 6.42 Å². The van der Waals surface area contributed by atoms with Crippen molar-refractivity contribution >= 4 is 16.7 Å². The zero-order valence-corrected chi connectivity index (χ0v) is 15.2. The van der Waals surface area contributed by atoms with Gasteiger partial charge in [-0.1, -0.05) is 30.3 Å². The second-order valence-electron chi connectivity index (χ2n) is 6.66. The van der Waals surface area contributed by atoms with Gasteiger partial charge < -0.3 is 0 Å². The molecular weight excluding hydrogens is 336 g/mol. The second kappa shape index (κ2) is 6.02. The minimum Gasteiger partial charge on any atom is -0.297 e. The van der Waals surface area contributed by atoms with E-state index in [1.54, 1.807) is 17.0 Å². The van der Waals surface area contributed by atoms with E-state index in [-0.39, 0.29) is 0 Å². The van der Waals surface area contributed by atoms with Gasteiger partial charge in [-0.05, 0) is 37.1 Å². The summed E-state index contributed by atoms with van der Waals surface area (Å²) in [4.78, 5) is 13.8. The molecule has 0 spiro atoms. The van der Waals surface area contributed by atoms with Gasteiger partial charge in [0.25, 0.3) is 0 Å². The van der Waals surface area contributed by atoms with Gasteiger partial charge in [0.2, 0.25) is 0 Å². The van der Waals surface area contributed by atoms with Crippen molar-refractivity contribution in [2.75, 3.05) is 0 Å². The smallest absolute Gasteiger partial charge is 0.168 e. The standard InChI is InChI=1S/C21H18N6/c1-14-15(2)27(17-9-6-10-22-12-17)20-19(14)21-24-18(25-26(21)13-23-20)11-16-7-4-3-5-8-16/h3-10,12-13H,11H2,1-2H3. The van der Waals surface area contributed by atoms with Crippen LogP contribution in [0.25, 0.3) is 22.4 Å². The van der Waals surface area contributed by atoms with Gasteiger partial charge in [-0.2, -0.15) is 0 Å². The van der Waals surface area contributed by atoms with Crippen molar-refractivity contribution in [2.24, 2.45) is 0 Å². The first-order valence-corrected chi connectivity index (χ1v) is 8.88. The molecule has 4 aromatic heterocycles. The highest BCUT2D eigenvalue weighted by Crippen LogP contribution is 2.29. The first-order valence-electron chi connectivity index (χ1n) is 8.88. The molecule has 0 radical (unpaired) electrons. The van der Waals surface area contributed by atoms with Gasteiger partial charge >= 0.3 is 0 Å². The van der Waals surface area contributed by atoms with E-state index < -0.39 is 0 Å². The summed E-state index contributed by atoms with van der Waals surface area (Å²) in [6.45, 7) is 4.21. The molecule has 0 fully saturated rings. The molecule has 6 nitrogen and oxygen atoms in total. The Morgan fingerprint density at radius 2 is 1.81 bits per heavy atom. The molecule has 0 amide bonds. The SMILES string of the molecule is Cc1c(C)n(-c2cccnc2)c2ncn3nc(Cc4ccccc4)nc3c12. The minimum absolute atomic E-state index is 0.700. The van der Waals surface area contributed by atoms with Crippen LogP contribution >= 0.6 is 0 Å². The molecule has 0 aliphatic heterocycles. The number of nitrogens with zero attached hydrogens (tertiary/aromatic N) is 6. The van der Waals surface area contributed by atoms with Gasteiger partial charge in [-0.15, -0.1) is 5.10 Å².